The molecule has 28 heavy (non-hydrogen) atoms. The monoisotopic (exact) mass is 419 g/mol. The highest BCUT2D eigenvalue weighted by Gasteiger charge is 2.29. The Balaban J connectivity index is 1.68. The number of amides is 3. The van der Waals surface area contributed by atoms with Crippen LogP contribution in [0.25, 0.3) is 0 Å². The van der Waals surface area contributed by atoms with Gasteiger partial charge in [-0.15, -0.1) is 11.8 Å². The molecule has 0 fully saturated rings. The normalized spacial score (nSPS) is 15.2. The van der Waals surface area contributed by atoms with E-state index in [1.54, 1.807) is 30.3 Å². The lowest BCUT2D eigenvalue weighted by molar-refractivity contribution is -0.120. The fraction of sp³-hybridized carbons (Fsp3) is 0.211. The Bertz CT molecular complexity index is 951. The fourth-order valence-electron chi connectivity index (χ4n) is 2.71. The van der Waals surface area contributed by atoms with Gasteiger partial charge in [0.2, 0.25) is 17.7 Å². The first-order valence-electron chi connectivity index (χ1n) is 8.38. The molecule has 0 aromatic heterocycles. The average molecular weight is 420 g/mol. The van der Waals surface area contributed by atoms with Gasteiger partial charge in [-0.2, -0.15) is 0 Å². The third kappa shape index (κ3) is 4.76. The SMILES string of the molecule is COc1ccc(NC(=O)CC2Sc3ccc(Cl)cc3NC2=O)cc1NC(C)=O. The van der Waals surface area contributed by atoms with Crippen LogP contribution in [0.15, 0.2) is 41.3 Å². The molecule has 0 spiro atoms. The first-order chi connectivity index (χ1) is 13.4. The average Bonchev–Trinajstić information content (AvgIpc) is 2.62. The number of ether oxygens (including phenoxy) is 1. The van der Waals surface area contributed by atoms with E-state index in [1.165, 1.54) is 25.8 Å². The summed E-state index contributed by atoms with van der Waals surface area (Å²) in [5.74, 6) is -0.339. The summed E-state index contributed by atoms with van der Waals surface area (Å²) in [4.78, 5) is 36.9. The number of thioether (sulfide) groups is 1. The second-order valence-electron chi connectivity index (χ2n) is 6.08. The van der Waals surface area contributed by atoms with Crippen molar-refractivity contribution in [3.8, 4) is 5.75 Å². The molecule has 2 aromatic carbocycles. The minimum atomic E-state index is -0.554. The number of benzene rings is 2. The minimum Gasteiger partial charge on any atom is -0.495 e. The molecule has 2 aromatic rings. The summed E-state index contributed by atoms with van der Waals surface area (Å²) in [5.41, 5.74) is 1.58. The van der Waals surface area contributed by atoms with Crippen LogP contribution in [-0.2, 0) is 14.4 Å². The van der Waals surface area contributed by atoms with Crippen molar-refractivity contribution in [3.63, 3.8) is 0 Å². The zero-order valence-electron chi connectivity index (χ0n) is 15.2. The minimum absolute atomic E-state index is 0.0000654. The van der Waals surface area contributed by atoms with E-state index < -0.39 is 5.25 Å². The highest BCUT2D eigenvalue weighted by atomic mass is 35.5. The number of nitrogens with one attached hydrogen (secondary N) is 3. The van der Waals surface area contributed by atoms with E-state index in [4.69, 9.17) is 16.3 Å². The molecule has 1 heterocycles. The van der Waals surface area contributed by atoms with Crippen molar-refractivity contribution >= 4 is 58.1 Å². The number of hydrogen-bond acceptors (Lipinski definition) is 5. The van der Waals surface area contributed by atoms with E-state index in [9.17, 15) is 14.4 Å². The Morgan fingerprint density at radius 1 is 1.21 bits per heavy atom. The maximum Gasteiger partial charge on any atom is 0.238 e. The molecule has 146 valence electrons. The molecule has 3 amide bonds. The number of fused-ring (bicyclic) bond motifs is 1. The third-order valence-corrected chi connectivity index (χ3v) is 5.44. The van der Waals surface area contributed by atoms with Crippen LogP contribution in [0.4, 0.5) is 17.1 Å². The molecular formula is C19H18ClN3O4S. The second-order valence-corrected chi connectivity index (χ2v) is 7.77. The smallest absolute Gasteiger partial charge is 0.238 e. The molecular weight excluding hydrogens is 402 g/mol. The summed E-state index contributed by atoms with van der Waals surface area (Å²) in [6.07, 6.45) is 0.0000654. The molecule has 9 heteroatoms. The second kappa shape index (κ2) is 8.53. The van der Waals surface area contributed by atoms with Gasteiger partial charge in [-0.05, 0) is 36.4 Å². The van der Waals surface area contributed by atoms with E-state index in [1.807, 2.05) is 6.07 Å². The van der Waals surface area contributed by atoms with Crippen LogP contribution in [0.1, 0.15) is 13.3 Å². The summed E-state index contributed by atoms with van der Waals surface area (Å²) in [6.45, 7) is 1.38. The van der Waals surface area contributed by atoms with Crippen molar-refractivity contribution in [2.24, 2.45) is 0 Å². The number of carbonyl (C=O) groups is 3. The van der Waals surface area contributed by atoms with Gasteiger partial charge in [-0.3, -0.25) is 14.4 Å². The quantitative estimate of drug-likeness (QED) is 0.685. The van der Waals surface area contributed by atoms with Gasteiger partial charge in [0.1, 0.15) is 5.75 Å². The Labute approximate surface area is 171 Å². The van der Waals surface area contributed by atoms with Gasteiger partial charge in [-0.1, -0.05) is 11.6 Å². The molecule has 3 rings (SSSR count). The van der Waals surface area contributed by atoms with Gasteiger partial charge >= 0.3 is 0 Å². The molecule has 1 unspecified atom stereocenters. The van der Waals surface area contributed by atoms with E-state index >= 15 is 0 Å². The molecule has 0 saturated heterocycles. The van der Waals surface area contributed by atoms with Gasteiger partial charge in [0.25, 0.3) is 0 Å². The molecule has 7 nitrogen and oxygen atoms in total. The van der Waals surface area contributed by atoms with Crippen LogP contribution >= 0.6 is 23.4 Å². The molecule has 1 aliphatic heterocycles. The summed E-state index contributed by atoms with van der Waals surface area (Å²) in [7, 11) is 1.49. The Morgan fingerprint density at radius 3 is 2.71 bits per heavy atom. The molecule has 0 saturated carbocycles. The lowest BCUT2D eigenvalue weighted by Gasteiger charge is -2.23. The van der Waals surface area contributed by atoms with E-state index in [0.717, 1.165) is 4.90 Å². The first-order valence-corrected chi connectivity index (χ1v) is 9.64. The van der Waals surface area contributed by atoms with Crippen molar-refractivity contribution in [2.75, 3.05) is 23.1 Å². The summed E-state index contributed by atoms with van der Waals surface area (Å²) >= 11 is 7.26. The van der Waals surface area contributed by atoms with Gasteiger partial charge in [-0.25, -0.2) is 0 Å². The van der Waals surface area contributed by atoms with E-state index in [2.05, 4.69) is 16.0 Å². The van der Waals surface area contributed by atoms with Crippen molar-refractivity contribution in [1.82, 2.24) is 0 Å². The molecule has 1 atom stereocenters. The number of anilines is 3. The summed E-state index contributed by atoms with van der Waals surface area (Å²) in [5, 5.41) is 8.15. The van der Waals surface area contributed by atoms with Crippen LogP contribution < -0.4 is 20.7 Å². The zero-order chi connectivity index (χ0) is 20.3. The standard InChI is InChI=1S/C19H18ClN3O4S/c1-10(24)21-13-8-12(4-5-15(13)27-2)22-18(25)9-17-19(26)23-14-7-11(20)3-6-16(14)28-17/h3-8,17H,9H2,1-2H3,(H,21,24)(H,22,25)(H,23,26). The van der Waals surface area contributed by atoms with E-state index in [-0.39, 0.29) is 24.1 Å². The number of carbonyl (C=O) groups excluding carboxylic acids is 3. The van der Waals surface area contributed by atoms with Gasteiger partial charge in [0.05, 0.1) is 23.7 Å². The zero-order valence-corrected chi connectivity index (χ0v) is 16.7. The van der Waals surface area contributed by atoms with Crippen molar-refractivity contribution < 1.29 is 19.1 Å². The highest BCUT2D eigenvalue weighted by Crippen LogP contribution is 2.38. The number of methoxy groups -OCH3 is 1. The van der Waals surface area contributed by atoms with Crippen LogP contribution in [0.2, 0.25) is 5.02 Å². The third-order valence-electron chi connectivity index (χ3n) is 3.93. The van der Waals surface area contributed by atoms with Gasteiger partial charge in [0.15, 0.2) is 0 Å². The van der Waals surface area contributed by atoms with Crippen LogP contribution in [0, 0.1) is 0 Å². The number of rotatable bonds is 5. The fourth-order valence-corrected chi connectivity index (χ4v) is 3.97. The Hall–Kier alpha value is -2.71. The van der Waals surface area contributed by atoms with Crippen molar-refractivity contribution in [3.05, 3.63) is 41.4 Å². The van der Waals surface area contributed by atoms with Gasteiger partial charge < -0.3 is 20.7 Å². The van der Waals surface area contributed by atoms with Crippen molar-refractivity contribution in [2.45, 2.75) is 23.5 Å². The number of hydrogen-bond donors (Lipinski definition) is 3. The molecule has 0 radical (unpaired) electrons. The topological polar surface area (TPSA) is 96.5 Å². The van der Waals surface area contributed by atoms with Gasteiger partial charge in [0, 0.05) is 29.0 Å². The molecule has 0 bridgehead atoms. The van der Waals surface area contributed by atoms with Crippen molar-refractivity contribution in [1.29, 1.82) is 0 Å². The summed E-state index contributed by atoms with van der Waals surface area (Å²) < 4.78 is 5.19. The maximum absolute atomic E-state index is 12.4. The van der Waals surface area contributed by atoms with Crippen LogP contribution in [-0.4, -0.2) is 30.1 Å². The molecule has 1 aliphatic rings. The summed E-state index contributed by atoms with van der Waals surface area (Å²) in [6, 6.07) is 10.1. The first kappa shape index (κ1) is 20.0. The van der Waals surface area contributed by atoms with E-state index in [0.29, 0.717) is 27.8 Å². The molecule has 0 aliphatic carbocycles. The van der Waals surface area contributed by atoms with Crippen LogP contribution in [0.3, 0.4) is 0 Å². The lowest BCUT2D eigenvalue weighted by Crippen LogP contribution is -2.32. The number of halogens is 1. The predicted molar refractivity (Wildman–Crippen MR) is 110 cm³/mol. The maximum atomic E-state index is 12.4. The highest BCUT2D eigenvalue weighted by molar-refractivity contribution is 8.01. The Kier molecular flexibility index (Phi) is 6.11. The largest absolute Gasteiger partial charge is 0.495 e. The Morgan fingerprint density at radius 2 is 2.00 bits per heavy atom. The molecule has 3 N–H and O–H groups in total. The predicted octanol–water partition coefficient (Wildman–Crippen LogP) is 3.75. The van der Waals surface area contributed by atoms with Crippen LogP contribution in [0.5, 0.6) is 5.75 Å². The lowest BCUT2D eigenvalue weighted by atomic mass is 10.2.